The SMILES string of the molecule is O=C(NCc1ccccc1[N+](=O)[O-])C(Oc1ccccc1)c1ccccc1. The minimum Gasteiger partial charge on any atom is -0.476 e. The van der Waals surface area contributed by atoms with Crippen molar-refractivity contribution in [2.24, 2.45) is 0 Å². The summed E-state index contributed by atoms with van der Waals surface area (Å²) in [6, 6.07) is 24.5. The number of ether oxygens (including phenoxy) is 1. The van der Waals surface area contributed by atoms with E-state index in [0.29, 0.717) is 16.9 Å². The third kappa shape index (κ3) is 4.70. The zero-order chi connectivity index (χ0) is 19.1. The number of amides is 1. The fourth-order valence-electron chi connectivity index (χ4n) is 2.65. The molecule has 0 saturated carbocycles. The molecule has 3 rings (SSSR count). The van der Waals surface area contributed by atoms with Crippen LogP contribution in [0, 0.1) is 10.1 Å². The van der Waals surface area contributed by atoms with Crippen molar-refractivity contribution in [3.05, 3.63) is 106 Å². The first-order chi connectivity index (χ1) is 13.1. The summed E-state index contributed by atoms with van der Waals surface area (Å²) >= 11 is 0. The predicted molar refractivity (Wildman–Crippen MR) is 101 cm³/mol. The Balaban J connectivity index is 1.78. The molecule has 1 N–H and O–H groups in total. The highest BCUT2D eigenvalue weighted by molar-refractivity contribution is 5.82. The van der Waals surface area contributed by atoms with Gasteiger partial charge in [-0.1, -0.05) is 66.7 Å². The Hall–Kier alpha value is -3.67. The lowest BCUT2D eigenvalue weighted by Gasteiger charge is -2.19. The maximum Gasteiger partial charge on any atom is 0.274 e. The van der Waals surface area contributed by atoms with Crippen LogP contribution in [-0.4, -0.2) is 10.8 Å². The summed E-state index contributed by atoms with van der Waals surface area (Å²) in [5.74, 6) is 0.190. The van der Waals surface area contributed by atoms with Gasteiger partial charge in [0.15, 0.2) is 0 Å². The number of carbonyl (C=O) groups is 1. The molecule has 0 radical (unpaired) electrons. The van der Waals surface area contributed by atoms with E-state index in [0.717, 1.165) is 0 Å². The molecular formula is C21H18N2O4. The molecule has 6 nitrogen and oxygen atoms in total. The molecule has 1 amide bonds. The number of nitrogens with zero attached hydrogens (tertiary/aromatic N) is 1. The third-order valence-electron chi connectivity index (χ3n) is 3.98. The fraction of sp³-hybridized carbons (Fsp3) is 0.0952. The van der Waals surface area contributed by atoms with E-state index in [1.807, 2.05) is 36.4 Å². The van der Waals surface area contributed by atoms with Gasteiger partial charge in [0.25, 0.3) is 11.6 Å². The topological polar surface area (TPSA) is 81.5 Å². The summed E-state index contributed by atoms with van der Waals surface area (Å²) in [6.45, 7) is 0.0392. The highest BCUT2D eigenvalue weighted by atomic mass is 16.6. The van der Waals surface area contributed by atoms with Crippen LogP contribution in [0.5, 0.6) is 5.75 Å². The number of nitro groups is 1. The first kappa shape index (κ1) is 18.1. The monoisotopic (exact) mass is 362 g/mol. The average Bonchev–Trinajstić information content (AvgIpc) is 2.72. The molecule has 3 aromatic rings. The van der Waals surface area contributed by atoms with Crippen LogP contribution in [0.3, 0.4) is 0 Å². The minimum atomic E-state index is -0.864. The number of rotatable bonds is 7. The Labute approximate surface area is 156 Å². The van der Waals surface area contributed by atoms with Crippen molar-refractivity contribution in [1.29, 1.82) is 0 Å². The zero-order valence-electron chi connectivity index (χ0n) is 14.4. The highest BCUT2D eigenvalue weighted by Crippen LogP contribution is 2.23. The summed E-state index contributed by atoms with van der Waals surface area (Å²) in [4.78, 5) is 23.5. The first-order valence-electron chi connectivity index (χ1n) is 8.42. The Morgan fingerprint density at radius 1 is 0.926 bits per heavy atom. The van der Waals surface area contributed by atoms with Gasteiger partial charge in [0.2, 0.25) is 6.10 Å². The molecule has 0 aliphatic carbocycles. The molecular weight excluding hydrogens is 344 g/mol. The Kier molecular flexibility index (Phi) is 5.79. The summed E-state index contributed by atoms with van der Waals surface area (Å²) in [5, 5.41) is 13.9. The van der Waals surface area contributed by atoms with Crippen LogP contribution < -0.4 is 10.1 Å². The fourth-order valence-corrected chi connectivity index (χ4v) is 2.65. The second kappa shape index (κ2) is 8.62. The molecule has 1 atom stereocenters. The van der Waals surface area contributed by atoms with Crippen molar-refractivity contribution in [3.8, 4) is 5.75 Å². The molecule has 0 bridgehead atoms. The van der Waals surface area contributed by atoms with Gasteiger partial charge in [0.05, 0.1) is 4.92 Å². The summed E-state index contributed by atoms with van der Waals surface area (Å²) < 4.78 is 5.88. The van der Waals surface area contributed by atoms with Crippen molar-refractivity contribution in [3.63, 3.8) is 0 Å². The van der Waals surface area contributed by atoms with Gasteiger partial charge in [0.1, 0.15) is 5.75 Å². The predicted octanol–water partition coefficient (Wildman–Crippen LogP) is 4.03. The van der Waals surface area contributed by atoms with Crippen LogP contribution in [0.1, 0.15) is 17.2 Å². The Morgan fingerprint density at radius 3 is 2.19 bits per heavy atom. The van der Waals surface area contributed by atoms with E-state index in [4.69, 9.17) is 4.74 Å². The number of hydrogen-bond acceptors (Lipinski definition) is 4. The largest absolute Gasteiger partial charge is 0.476 e. The summed E-state index contributed by atoms with van der Waals surface area (Å²) in [6.07, 6.45) is -0.864. The van der Waals surface area contributed by atoms with Gasteiger partial charge in [-0.2, -0.15) is 0 Å². The normalized spacial score (nSPS) is 11.4. The van der Waals surface area contributed by atoms with Crippen LogP contribution >= 0.6 is 0 Å². The van der Waals surface area contributed by atoms with E-state index in [2.05, 4.69) is 5.32 Å². The second-order valence-electron chi connectivity index (χ2n) is 5.83. The highest BCUT2D eigenvalue weighted by Gasteiger charge is 2.23. The van der Waals surface area contributed by atoms with E-state index < -0.39 is 11.0 Å². The maximum atomic E-state index is 12.8. The van der Waals surface area contributed by atoms with E-state index >= 15 is 0 Å². The molecule has 0 fully saturated rings. The molecule has 0 spiro atoms. The smallest absolute Gasteiger partial charge is 0.274 e. The molecule has 0 heterocycles. The molecule has 1 unspecified atom stereocenters. The number of benzene rings is 3. The van der Waals surface area contributed by atoms with Gasteiger partial charge >= 0.3 is 0 Å². The second-order valence-corrected chi connectivity index (χ2v) is 5.83. The molecule has 0 saturated heterocycles. The van der Waals surface area contributed by atoms with Crippen molar-refractivity contribution in [2.45, 2.75) is 12.6 Å². The van der Waals surface area contributed by atoms with Crippen LogP contribution in [0.25, 0.3) is 0 Å². The number of nitrogens with one attached hydrogen (secondary N) is 1. The average molecular weight is 362 g/mol. The number of para-hydroxylation sites is 2. The van der Waals surface area contributed by atoms with Crippen LogP contribution in [0.2, 0.25) is 0 Å². The lowest BCUT2D eigenvalue weighted by molar-refractivity contribution is -0.385. The van der Waals surface area contributed by atoms with E-state index in [9.17, 15) is 14.9 Å². The quantitative estimate of drug-likeness (QED) is 0.508. The lowest BCUT2D eigenvalue weighted by Crippen LogP contribution is -2.32. The molecule has 6 heteroatoms. The van der Waals surface area contributed by atoms with E-state index in [1.165, 1.54) is 6.07 Å². The van der Waals surface area contributed by atoms with Gasteiger partial charge in [-0.05, 0) is 12.1 Å². The zero-order valence-corrected chi connectivity index (χ0v) is 14.4. The molecule has 0 aliphatic heterocycles. The number of carbonyl (C=O) groups excluding carboxylic acids is 1. The lowest BCUT2D eigenvalue weighted by atomic mass is 10.1. The van der Waals surface area contributed by atoms with Gasteiger partial charge < -0.3 is 10.1 Å². The number of nitro benzene ring substituents is 1. The van der Waals surface area contributed by atoms with Crippen molar-refractivity contribution in [1.82, 2.24) is 5.32 Å². The molecule has 3 aromatic carbocycles. The summed E-state index contributed by atoms with van der Waals surface area (Å²) in [5.41, 5.74) is 1.10. The van der Waals surface area contributed by atoms with Gasteiger partial charge in [-0.3, -0.25) is 14.9 Å². The molecule has 136 valence electrons. The molecule has 27 heavy (non-hydrogen) atoms. The minimum absolute atomic E-state index is 0.0296. The summed E-state index contributed by atoms with van der Waals surface area (Å²) in [7, 11) is 0. The standard InChI is InChI=1S/C21H18N2O4/c24-21(22-15-17-11-7-8-14-19(17)23(25)26)20(16-9-3-1-4-10-16)27-18-12-5-2-6-13-18/h1-14,20H,15H2,(H,22,24). The van der Waals surface area contributed by atoms with Gasteiger partial charge in [-0.15, -0.1) is 0 Å². The van der Waals surface area contributed by atoms with Crippen LogP contribution in [0.4, 0.5) is 5.69 Å². The van der Waals surface area contributed by atoms with Crippen molar-refractivity contribution < 1.29 is 14.5 Å². The number of hydrogen-bond donors (Lipinski definition) is 1. The van der Waals surface area contributed by atoms with Crippen molar-refractivity contribution in [2.75, 3.05) is 0 Å². The van der Waals surface area contributed by atoms with E-state index in [-0.39, 0.29) is 18.1 Å². The molecule has 0 aliphatic rings. The third-order valence-corrected chi connectivity index (χ3v) is 3.98. The van der Waals surface area contributed by atoms with Gasteiger partial charge in [0, 0.05) is 23.7 Å². The first-order valence-corrected chi connectivity index (χ1v) is 8.42. The van der Waals surface area contributed by atoms with Crippen LogP contribution in [0.15, 0.2) is 84.9 Å². The maximum absolute atomic E-state index is 12.8. The molecule has 0 aromatic heterocycles. The Morgan fingerprint density at radius 2 is 1.52 bits per heavy atom. The van der Waals surface area contributed by atoms with Crippen LogP contribution in [-0.2, 0) is 11.3 Å². The Bertz CT molecular complexity index is 914. The van der Waals surface area contributed by atoms with E-state index in [1.54, 1.807) is 42.5 Å². The van der Waals surface area contributed by atoms with Crippen molar-refractivity contribution >= 4 is 11.6 Å². The van der Waals surface area contributed by atoms with Gasteiger partial charge in [-0.25, -0.2) is 0 Å².